The molecule has 0 fully saturated rings. The lowest BCUT2D eigenvalue weighted by Crippen LogP contribution is -1.90. The molecule has 0 spiro atoms. The Morgan fingerprint density at radius 1 is 1.00 bits per heavy atom. The zero-order chi connectivity index (χ0) is 13.5. The molecular formula is C18H18O. The van der Waals surface area contributed by atoms with Crippen LogP contribution in [-0.2, 0) is 6.42 Å². The van der Waals surface area contributed by atoms with Crippen molar-refractivity contribution in [2.75, 3.05) is 0 Å². The summed E-state index contributed by atoms with van der Waals surface area (Å²) in [4.78, 5) is 11.2. The molecule has 0 saturated carbocycles. The summed E-state index contributed by atoms with van der Waals surface area (Å²) in [5.74, 6) is 0.111. The molecule has 0 unspecified atom stereocenters. The number of ketones is 1. The number of hydrogen-bond donors (Lipinski definition) is 0. The van der Waals surface area contributed by atoms with Crippen LogP contribution in [0.25, 0.3) is 6.08 Å². The van der Waals surface area contributed by atoms with Gasteiger partial charge in [0.2, 0.25) is 0 Å². The van der Waals surface area contributed by atoms with Crippen LogP contribution in [0.3, 0.4) is 0 Å². The smallest absolute Gasteiger partial charge is 0.159 e. The number of carbonyl (C=O) groups excluding carboxylic acids is 1. The summed E-state index contributed by atoms with van der Waals surface area (Å²) < 4.78 is 0. The maximum Gasteiger partial charge on any atom is 0.159 e. The van der Waals surface area contributed by atoms with Gasteiger partial charge in [-0.15, -0.1) is 0 Å². The molecule has 0 amide bonds. The molecule has 0 aliphatic carbocycles. The van der Waals surface area contributed by atoms with Crippen molar-refractivity contribution in [3.63, 3.8) is 0 Å². The Bertz CT molecular complexity index is 550. The van der Waals surface area contributed by atoms with Crippen molar-refractivity contribution in [3.8, 4) is 0 Å². The Labute approximate surface area is 114 Å². The summed E-state index contributed by atoms with van der Waals surface area (Å²) in [7, 11) is 0. The van der Waals surface area contributed by atoms with Gasteiger partial charge in [-0.2, -0.15) is 0 Å². The number of benzene rings is 2. The van der Waals surface area contributed by atoms with Gasteiger partial charge in [0, 0.05) is 5.56 Å². The molecule has 96 valence electrons. The molecule has 0 aliphatic heterocycles. The van der Waals surface area contributed by atoms with E-state index in [2.05, 4.69) is 36.4 Å². The number of allylic oxidation sites excluding steroid dienone is 1. The molecule has 0 aliphatic rings. The second-order valence-corrected chi connectivity index (χ2v) is 4.60. The SMILES string of the molecule is CC(=O)c1ccc(/C=C/CCc2ccccc2)cc1. The number of carbonyl (C=O) groups is 1. The van der Waals surface area contributed by atoms with Gasteiger partial charge in [-0.25, -0.2) is 0 Å². The number of aryl methyl sites for hydroxylation is 1. The van der Waals surface area contributed by atoms with E-state index in [0.29, 0.717) is 0 Å². The first-order valence-electron chi connectivity index (χ1n) is 6.57. The Kier molecular flexibility index (Phi) is 4.68. The van der Waals surface area contributed by atoms with Crippen LogP contribution in [0, 0.1) is 0 Å². The van der Waals surface area contributed by atoms with E-state index < -0.39 is 0 Å². The van der Waals surface area contributed by atoms with E-state index in [1.807, 2.05) is 30.3 Å². The van der Waals surface area contributed by atoms with Crippen LogP contribution in [0.15, 0.2) is 60.7 Å². The minimum atomic E-state index is 0.111. The van der Waals surface area contributed by atoms with Gasteiger partial charge in [0.25, 0.3) is 0 Å². The molecule has 19 heavy (non-hydrogen) atoms. The topological polar surface area (TPSA) is 17.1 Å². The van der Waals surface area contributed by atoms with Crippen LogP contribution in [0.1, 0.15) is 34.8 Å². The molecule has 2 aromatic rings. The normalized spacial score (nSPS) is 10.8. The van der Waals surface area contributed by atoms with E-state index in [-0.39, 0.29) is 5.78 Å². The van der Waals surface area contributed by atoms with Gasteiger partial charge in [0.05, 0.1) is 0 Å². The lowest BCUT2D eigenvalue weighted by molar-refractivity contribution is 0.101. The molecule has 0 saturated heterocycles. The van der Waals surface area contributed by atoms with Crippen LogP contribution in [0.4, 0.5) is 0 Å². The summed E-state index contributed by atoms with van der Waals surface area (Å²) in [5.41, 5.74) is 3.26. The highest BCUT2D eigenvalue weighted by molar-refractivity contribution is 5.94. The molecule has 1 heteroatoms. The van der Waals surface area contributed by atoms with E-state index in [4.69, 9.17) is 0 Å². The Morgan fingerprint density at radius 2 is 1.68 bits per heavy atom. The quantitative estimate of drug-likeness (QED) is 0.712. The third-order valence-corrected chi connectivity index (χ3v) is 3.07. The summed E-state index contributed by atoms with van der Waals surface area (Å²) >= 11 is 0. The first-order valence-corrected chi connectivity index (χ1v) is 6.57. The van der Waals surface area contributed by atoms with E-state index >= 15 is 0 Å². The lowest BCUT2D eigenvalue weighted by atomic mass is 10.1. The second kappa shape index (κ2) is 6.69. The highest BCUT2D eigenvalue weighted by Gasteiger charge is 1.96. The molecule has 1 nitrogen and oxygen atoms in total. The average Bonchev–Trinajstić information content (AvgIpc) is 2.45. The maximum absolute atomic E-state index is 11.2. The average molecular weight is 250 g/mol. The molecule has 0 atom stereocenters. The van der Waals surface area contributed by atoms with Gasteiger partial charge in [-0.05, 0) is 30.9 Å². The third-order valence-electron chi connectivity index (χ3n) is 3.07. The van der Waals surface area contributed by atoms with Crippen molar-refractivity contribution in [2.24, 2.45) is 0 Å². The van der Waals surface area contributed by atoms with Crippen LogP contribution in [-0.4, -0.2) is 5.78 Å². The van der Waals surface area contributed by atoms with Crippen molar-refractivity contribution < 1.29 is 4.79 Å². The first kappa shape index (κ1) is 13.3. The van der Waals surface area contributed by atoms with Crippen LogP contribution in [0.5, 0.6) is 0 Å². The highest BCUT2D eigenvalue weighted by atomic mass is 16.1. The van der Waals surface area contributed by atoms with E-state index in [1.54, 1.807) is 6.92 Å². The monoisotopic (exact) mass is 250 g/mol. The van der Waals surface area contributed by atoms with Gasteiger partial charge in [0.15, 0.2) is 5.78 Å². The Morgan fingerprint density at radius 3 is 2.32 bits per heavy atom. The molecule has 0 bridgehead atoms. The van der Waals surface area contributed by atoms with Crippen molar-refractivity contribution in [2.45, 2.75) is 19.8 Å². The van der Waals surface area contributed by atoms with Crippen LogP contribution in [0.2, 0.25) is 0 Å². The zero-order valence-corrected chi connectivity index (χ0v) is 11.2. The van der Waals surface area contributed by atoms with E-state index in [1.165, 1.54) is 5.56 Å². The van der Waals surface area contributed by atoms with E-state index in [9.17, 15) is 4.79 Å². The predicted octanol–water partition coefficient (Wildman–Crippen LogP) is 4.54. The Balaban J connectivity index is 1.87. The molecule has 0 radical (unpaired) electrons. The van der Waals surface area contributed by atoms with Crippen molar-refractivity contribution in [1.82, 2.24) is 0 Å². The molecule has 2 aromatic carbocycles. The first-order chi connectivity index (χ1) is 9.25. The Hall–Kier alpha value is -2.15. The number of rotatable bonds is 5. The lowest BCUT2D eigenvalue weighted by Gasteiger charge is -1.98. The standard InChI is InChI=1S/C18H18O/c1-15(19)18-13-11-17(12-14-18)10-6-5-9-16-7-3-2-4-8-16/h2-4,6-8,10-14H,5,9H2,1H3/b10-6+. The molecule has 0 heterocycles. The third kappa shape index (κ3) is 4.22. The molecule has 0 aromatic heterocycles. The summed E-state index contributed by atoms with van der Waals surface area (Å²) in [6.07, 6.45) is 6.37. The number of Topliss-reactive ketones (excluding diaryl/α,β-unsaturated/α-hetero) is 1. The maximum atomic E-state index is 11.2. The summed E-state index contributed by atoms with van der Waals surface area (Å²) in [6.45, 7) is 1.59. The largest absolute Gasteiger partial charge is 0.295 e. The van der Waals surface area contributed by atoms with Gasteiger partial charge in [0.1, 0.15) is 0 Å². The van der Waals surface area contributed by atoms with Crippen molar-refractivity contribution >= 4 is 11.9 Å². The van der Waals surface area contributed by atoms with Crippen molar-refractivity contribution in [3.05, 3.63) is 77.4 Å². The summed E-state index contributed by atoms with van der Waals surface area (Å²) in [6, 6.07) is 18.2. The van der Waals surface area contributed by atoms with Gasteiger partial charge in [-0.1, -0.05) is 66.7 Å². The fourth-order valence-corrected chi connectivity index (χ4v) is 1.94. The molecular weight excluding hydrogens is 232 g/mol. The van der Waals surface area contributed by atoms with Crippen molar-refractivity contribution in [1.29, 1.82) is 0 Å². The zero-order valence-electron chi connectivity index (χ0n) is 11.2. The van der Waals surface area contributed by atoms with Gasteiger partial charge < -0.3 is 0 Å². The summed E-state index contributed by atoms with van der Waals surface area (Å²) in [5, 5.41) is 0. The van der Waals surface area contributed by atoms with Crippen LogP contribution < -0.4 is 0 Å². The van der Waals surface area contributed by atoms with Gasteiger partial charge >= 0.3 is 0 Å². The fourth-order valence-electron chi connectivity index (χ4n) is 1.94. The van der Waals surface area contributed by atoms with Crippen LogP contribution >= 0.6 is 0 Å². The number of hydrogen-bond acceptors (Lipinski definition) is 1. The predicted molar refractivity (Wildman–Crippen MR) is 80.2 cm³/mol. The minimum absolute atomic E-state index is 0.111. The van der Waals surface area contributed by atoms with Gasteiger partial charge in [-0.3, -0.25) is 4.79 Å². The van der Waals surface area contributed by atoms with E-state index in [0.717, 1.165) is 24.0 Å². The molecule has 0 N–H and O–H groups in total. The second-order valence-electron chi connectivity index (χ2n) is 4.60. The molecule has 2 rings (SSSR count). The fraction of sp³-hybridized carbons (Fsp3) is 0.167. The highest BCUT2D eigenvalue weighted by Crippen LogP contribution is 2.08. The minimum Gasteiger partial charge on any atom is -0.295 e.